The summed E-state index contributed by atoms with van der Waals surface area (Å²) in [7, 11) is 0. The summed E-state index contributed by atoms with van der Waals surface area (Å²) in [6, 6.07) is 7.78. The highest BCUT2D eigenvalue weighted by atomic mass is 19.1. The van der Waals surface area contributed by atoms with Crippen molar-refractivity contribution in [2.24, 2.45) is 11.7 Å². The number of aromatic nitrogens is 3. The van der Waals surface area contributed by atoms with Gasteiger partial charge < -0.3 is 15.5 Å². The van der Waals surface area contributed by atoms with E-state index in [0.717, 1.165) is 22.6 Å². The molecule has 1 aliphatic rings. The van der Waals surface area contributed by atoms with Crippen molar-refractivity contribution in [3.05, 3.63) is 48.5 Å². The van der Waals surface area contributed by atoms with E-state index in [4.69, 9.17) is 10.7 Å². The fraction of sp³-hybridized carbons (Fsp3) is 0.381. The number of nitrogens with zero attached hydrogens (tertiary/aromatic N) is 5. The molecule has 0 unspecified atom stereocenters. The molecule has 1 saturated heterocycles. The van der Waals surface area contributed by atoms with E-state index >= 15 is 0 Å². The third-order valence-electron chi connectivity index (χ3n) is 5.43. The topological polar surface area (TPSA) is 79.8 Å². The molecule has 1 fully saturated rings. The van der Waals surface area contributed by atoms with Crippen molar-refractivity contribution in [3.8, 4) is 11.1 Å². The van der Waals surface area contributed by atoms with E-state index in [9.17, 15) is 9.18 Å². The number of carbonyl (C=O) groups excluding carboxylic acids is 1. The quantitative estimate of drug-likeness (QED) is 0.731. The smallest absolute Gasteiger partial charge is 0.239 e. The van der Waals surface area contributed by atoms with E-state index in [1.54, 1.807) is 22.8 Å². The van der Waals surface area contributed by atoms with Crippen molar-refractivity contribution < 1.29 is 9.18 Å². The molecular weight excluding hydrogens is 371 g/mol. The fourth-order valence-electron chi connectivity index (χ4n) is 3.52. The Morgan fingerprint density at radius 1 is 1.10 bits per heavy atom. The van der Waals surface area contributed by atoms with Crippen LogP contribution in [-0.2, 0) is 4.79 Å². The summed E-state index contributed by atoms with van der Waals surface area (Å²) < 4.78 is 15.0. The van der Waals surface area contributed by atoms with Crippen molar-refractivity contribution in [2.75, 3.05) is 31.1 Å². The molecule has 4 rings (SSSR count). The second kappa shape index (κ2) is 7.79. The van der Waals surface area contributed by atoms with Gasteiger partial charge in [0.05, 0.1) is 12.2 Å². The molecule has 3 aromatic rings. The molecule has 2 aromatic heterocycles. The van der Waals surface area contributed by atoms with Crippen molar-refractivity contribution in [3.63, 3.8) is 0 Å². The molecule has 0 aliphatic carbocycles. The largest absolute Gasteiger partial charge is 0.353 e. The SMILES string of the molecule is CC(C)[C@H](N)C(=O)N1CCN(c2ccn3ncc(-c4ccc(F)cc4)c3n2)CC1. The molecule has 1 aliphatic heterocycles. The third-order valence-corrected chi connectivity index (χ3v) is 5.43. The maximum absolute atomic E-state index is 13.3. The van der Waals surface area contributed by atoms with Crippen LogP contribution in [0.15, 0.2) is 42.7 Å². The van der Waals surface area contributed by atoms with E-state index in [0.29, 0.717) is 26.2 Å². The molecule has 152 valence electrons. The number of anilines is 1. The standard InChI is InChI=1S/C21H25FN6O/c1-14(2)19(23)21(29)27-11-9-26(10-12-27)18-7-8-28-20(25-18)17(13-24-28)15-3-5-16(22)6-4-15/h3-8,13-14,19H,9-12,23H2,1-2H3/t19-/m0/s1. The fourth-order valence-corrected chi connectivity index (χ4v) is 3.52. The van der Waals surface area contributed by atoms with Crippen LogP contribution < -0.4 is 10.6 Å². The van der Waals surface area contributed by atoms with Gasteiger partial charge in [0, 0.05) is 37.9 Å². The number of rotatable bonds is 4. The minimum atomic E-state index is -0.457. The zero-order valence-electron chi connectivity index (χ0n) is 16.6. The normalized spacial score (nSPS) is 15.9. The van der Waals surface area contributed by atoms with Crippen LogP contribution in [-0.4, -0.2) is 57.6 Å². The van der Waals surface area contributed by atoms with E-state index in [2.05, 4.69) is 10.00 Å². The van der Waals surface area contributed by atoms with Crippen LogP contribution in [0.4, 0.5) is 10.2 Å². The summed E-state index contributed by atoms with van der Waals surface area (Å²) in [6.45, 7) is 6.55. The average Bonchev–Trinajstić information content (AvgIpc) is 3.16. The van der Waals surface area contributed by atoms with Crippen LogP contribution in [0.5, 0.6) is 0 Å². The van der Waals surface area contributed by atoms with Gasteiger partial charge in [0.15, 0.2) is 5.65 Å². The molecule has 8 heteroatoms. The van der Waals surface area contributed by atoms with Gasteiger partial charge in [-0.3, -0.25) is 4.79 Å². The summed E-state index contributed by atoms with van der Waals surface area (Å²) in [5.74, 6) is 0.693. The summed E-state index contributed by atoms with van der Waals surface area (Å²) in [5.41, 5.74) is 8.45. The number of hydrogen-bond acceptors (Lipinski definition) is 5. The lowest BCUT2D eigenvalue weighted by atomic mass is 10.0. The Kier molecular flexibility index (Phi) is 5.19. The van der Waals surface area contributed by atoms with Gasteiger partial charge in [-0.25, -0.2) is 13.9 Å². The predicted molar refractivity (Wildman–Crippen MR) is 110 cm³/mol. The number of amides is 1. The van der Waals surface area contributed by atoms with Crippen LogP contribution in [0, 0.1) is 11.7 Å². The minimum Gasteiger partial charge on any atom is -0.353 e. The second-order valence-electron chi connectivity index (χ2n) is 7.70. The van der Waals surface area contributed by atoms with Crippen molar-refractivity contribution in [1.82, 2.24) is 19.5 Å². The zero-order chi connectivity index (χ0) is 20.5. The van der Waals surface area contributed by atoms with E-state index in [1.807, 2.05) is 31.0 Å². The lowest BCUT2D eigenvalue weighted by molar-refractivity contribution is -0.133. The Hall–Kier alpha value is -3.00. The molecule has 2 N–H and O–H groups in total. The molecule has 1 aromatic carbocycles. The first-order chi connectivity index (χ1) is 13.9. The van der Waals surface area contributed by atoms with E-state index in [-0.39, 0.29) is 17.6 Å². The van der Waals surface area contributed by atoms with Crippen LogP contribution in [0.2, 0.25) is 0 Å². The Balaban J connectivity index is 1.53. The van der Waals surface area contributed by atoms with Crippen molar-refractivity contribution in [1.29, 1.82) is 0 Å². The maximum Gasteiger partial charge on any atom is 0.239 e. The number of halogens is 1. The molecular formula is C21H25FN6O. The molecule has 0 saturated carbocycles. The molecule has 0 bridgehead atoms. The molecule has 0 radical (unpaired) electrons. The van der Waals surface area contributed by atoms with Gasteiger partial charge in [-0.05, 0) is 29.7 Å². The Labute approximate surface area is 168 Å². The highest BCUT2D eigenvalue weighted by Gasteiger charge is 2.27. The van der Waals surface area contributed by atoms with Gasteiger partial charge in [0.2, 0.25) is 5.91 Å². The van der Waals surface area contributed by atoms with Gasteiger partial charge in [-0.2, -0.15) is 5.10 Å². The summed E-state index contributed by atoms with van der Waals surface area (Å²) in [4.78, 5) is 21.3. The highest BCUT2D eigenvalue weighted by Crippen LogP contribution is 2.25. The minimum absolute atomic E-state index is 0.0115. The summed E-state index contributed by atoms with van der Waals surface area (Å²) in [5, 5.41) is 4.35. The summed E-state index contributed by atoms with van der Waals surface area (Å²) in [6.07, 6.45) is 3.61. The van der Waals surface area contributed by atoms with Gasteiger partial charge in [0.1, 0.15) is 11.6 Å². The third kappa shape index (κ3) is 3.80. The van der Waals surface area contributed by atoms with Gasteiger partial charge in [-0.15, -0.1) is 0 Å². The number of piperazine rings is 1. The first-order valence-corrected chi connectivity index (χ1v) is 9.83. The predicted octanol–water partition coefficient (Wildman–Crippen LogP) is 2.17. The highest BCUT2D eigenvalue weighted by molar-refractivity contribution is 5.82. The van der Waals surface area contributed by atoms with Gasteiger partial charge in [-0.1, -0.05) is 26.0 Å². The zero-order valence-corrected chi connectivity index (χ0v) is 16.6. The number of carbonyl (C=O) groups is 1. The molecule has 1 amide bonds. The van der Waals surface area contributed by atoms with Crippen molar-refractivity contribution in [2.45, 2.75) is 19.9 Å². The number of fused-ring (bicyclic) bond motifs is 1. The molecule has 29 heavy (non-hydrogen) atoms. The Morgan fingerprint density at radius 2 is 1.79 bits per heavy atom. The number of nitrogens with two attached hydrogens (primary N) is 1. The Morgan fingerprint density at radius 3 is 2.45 bits per heavy atom. The van der Waals surface area contributed by atoms with Crippen LogP contribution in [0.1, 0.15) is 13.8 Å². The van der Waals surface area contributed by atoms with Gasteiger partial charge >= 0.3 is 0 Å². The van der Waals surface area contributed by atoms with Crippen LogP contribution in [0.25, 0.3) is 16.8 Å². The lowest BCUT2D eigenvalue weighted by Crippen LogP contribution is -2.54. The molecule has 0 spiro atoms. The molecule has 7 nitrogen and oxygen atoms in total. The van der Waals surface area contributed by atoms with Crippen LogP contribution >= 0.6 is 0 Å². The average molecular weight is 396 g/mol. The summed E-state index contributed by atoms with van der Waals surface area (Å²) >= 11 is 0. The van der Waals surface area contributed by atoms with Crippen LogP contribution in [0.3, 0.4) is 0 Å². The lowest BCUT2D eigenvalue weighted by Gasteiger charge is -2.37. The first kappa shape index (κ1) is 19.3. The maximum atomic E-state index is 13.3. The van der Waals surface area contributed by atoms with E-state index < -0.39 is 6.04 Å². The molecule has 1 atom stereocenters. The number of benzene rings is 1. The number of hydrogen-bond donors (Lipinski definition) is 1. The first-order valence-electron chi connectivity index (χ1n) is 9.83. The van der Waals surface area contributed by atoms with Gasteiger partial charge in [0.25, 0.3) is 0 Å². The monoisotopic (exact) mass is 396 g/mol. The second-order valence-corrected chi connectivity index (χ2v) is 7.70. The van der Waals surface area contributed by atoms with Crippen molar-refractivity contribution >= 4 is 17.4 Å². The van der Waals surface area contributed by atoms with E-state index in [1.165, 1.54) is 12.1 Å². The molecule has 3 heterocycles. The Bertz CT molecular complexity index is 1010.